The van der Waals surface area contributed by atoms with Crippen LogP contribution in [-0.2, 0) is 10.0 Å². The van der Waals surface area contributed by atoms with E-state index in [1.54, 1.807) is 48.9 Å². The SMILES string of the molecule is COc1ccc(OC)c(C(=O)N2CCC3(CC2)CCN(S(=O)(=O)c2cc(C)ccc2OC)C3)c1. The van der Waals surface area contributed by atoms with E-state index in [1.807, 2.05) is 17.9 Å². The number of likely N-dealkylation sites (tertiary alicyclic amines) is 1. The number of hydrogen-bond donors (Lipinski definition) is 0. The van der Waals surface area contributed by atoms with Gasteiger partial charge in [-0.2, -0.15) is 4.31 Å². The fourth-order valence-electron chi connectivity index (χ4n) is 4.97. The van der Waals surface area contributed by atoms with Crippen molar-refractivity contribution in [3.63, 3.8) is 0 Å². The highest BCUT2D eigenvalue weighted by Crippen LogP contribution is 2.43. The molecule has 8 nitrogen and oxygen atoms in total. The molecule has 2 aliphatic heterocycles. The van der Waals surface area contributed by atoms with Crippen molar-refractivity contribution in [2.75, 3.05) is 47.5 Å². The molecule has 184 valence electrons. The zero-order valence-corrected chi connectivity index (χ0v) is 21.0. The van der Waals surface area contributed by atoms with E-state index in [-0.39, 0.29) is 16.2 Å². The zero-order chi connectivity index (χ0) is 24.5. The molecule has 2 fully saturated rings. The van der Waals surface area contributed by atoms with Gasteiger partial charge in [0.2, 0.25) is 10.0 Å². The minimum Gasteiger partial charge on any atom is -0.497 e. The number of hydrogen-bond acceptors (Lipinski definition) is 6. The molecule has 2 aromatic rings. The standard InChI is InChI=1S/C25H32N2O6S/c1-18-5-7-22(33-4)23(15-18)34(29,30)27-14-11-25(17-27)9-12-26(13-10-25)24(28)20-16-19(31-2)6-8-21(20)32-3/h5-8,15-16H,9-14,17H2,1-4H3. The lowest BCUT2D eigenvalue weighted by atomic mass is 9.78. The van der Waals surface area contributed by atoms with Crippen molar-refractivity contribution in [3.8, 4) is 17.2 Å². The van der Waals surface area contributed by atoms with E-state index in [4.69, 9.17) is 14.2 Å². The second kappa shape index (κ2) is 9.46. The van der Waals surface area contributed by atoms with E-state index >= 15 is 0 Å². The first-order valence-corrected chi connectivity index (χ1v) is 12.8. The molecule has 0 aliphatic carbocycles. The Kier molecular flexibility index (Phi) is 6.78. The molecule has 0 bridgehead atoms. The summed E-state index contributed by atoms with van der Waals surface area (Å²) < 4.78 is 44.4. The zero-order valence-electron chi connectivity index (χ0n) is 20.2. The summed E-state index contributed by atoms with van der Waals surface area (Å²) in [5.41, 5.74) is 1.22. The number of ether oxygens (including phenoxy) is 3. The topological polar surface area (TPSA) is 85.4 Å². The third-order valence-electron chi connectivity index (χ3n) is 7.09. The van der Waals surface area contributed by atoms with Gasteiger partial charge in [-0.05, 0) is 67.5 Å². The van der Waals surface area contributed by atoms with Crippen molar-refractivity contribution >= 4 is 15.9 Å². The maximum Gasteiger partial charge on any atom is 0.257 e. The van der Waals surface area contributed by atoms with Crippen LogP contribution in [0.1, 0.15) is 35.2 Å². The smallest absolute Gasteiger partial charge is 0.257 e. The number of piperidine rings is 1. The largest absolute Gasteiger partial charge is 0.497 e. The summed E-state index contributed by atoms with van der Waals surface area (Å²) in [4.78, 5) is 15.3. The van der Waals surface area contributed by atoms with Crippen molar-refractivity contribution in [1.82, 2.24) is 9.21 Å². The quantitative estimate of drug-likeness (QED) is 0.620. The second-order valence-electron chi connectivity index (χ2n) is 9.10. The summed E-state index contributed by atoms with van der Waals surface area (Å²) in [6.45, 7) is 3.93. The Morgan fingerprint density at radius 1 is 0.882 bits per heavy atom. The van der Waals surface area contributed by atoms with Crippen molar-refractivity contribution in [2.45, 2.75) is 31.1 Å². The molecule has 0 N–H and O–H groups in total. The minimum absolute atomic E-state index is 0.0995. The molecule has 0 saturated carbocycles. The third-order valence-corrected chi connectivity index (χ3v) is 8.95. The van der Waals surface area contributed by atoms with Crippen LogP contribution in [0.5, 0.6) is 17.2 Å². The van der Waals surface area contributed by atoms with Crippen molar-refractivity contribution < 1.29 is 27.4 Å². The molecular formula is C25H32N2O6S. The number of benzene rings is 2. The molecule has 0 aromatic heterocycles. The van der Waals surface area contributed by atoms with Crippen molar-refractivity contribution in [1.29, 1.82) is 0 Å². The predicted octanol–water partition coefficient (Wildman–Crippen LogP) is 3.34. The monoisotopic (exact) mass is 488 g/mol. The molecule has 9 heteroatoms. The summed E-state index contributed by atoms with van der Waals surface area (Å²) in [7, 11) is 0.919. The van der Waals surface area contributed by atoms with Crippen LogP contribution < -0.4 is 14.2 Å². The molecule has 0 atom stereocenters. The Labute approximate surface area is 201 Å². The average molecular weight is 489 g/mol. The van der Waals surface area contributed by atoms with Gasteiger partial charge in [-0.15, -0.1) is 0 Å². The second-order valence-corrected chi connectivity index (χ2v) is 11.0. The third kappa shape index (κ3) is 4.46. The van der Waals surface area contributed by atoms with Crippen molar-refractivity contribution in [2.24, 2.45) is 5.41 Å². The Hall–Kier alpha value is -2.78. The molecule has 34 heavy (non-hydrogen) atoms. The molecule has 0 unspecified atom stereocenters. The maximum absolute atomic E-state index is 13.4. The summed E-state index contributed by atoms with van der Waals surface area (Å²) in [5.74, 6) is 1.37. The van der Waals surface area contributed by atoms with Gasteiger partial charge in [0.1, 0.15) is 22.1 Å². The number of sulfonamides is 1. The Bertz CT molecular complexity index is 1170. The van der Waals surface area contributed by atoms with Crippen LogP contribution in [0.25, 0.3) is 0 Å². The van der Waals surface area contributed by atoms with Gasteiger partial charge in [-0.1, -0.05) is 6.07 Å². The highest BCUT2D eigenvalue weighted by atomic mass is 32.2. The van der Waals surface area contributed by atoms with Gasteiger partial charge >= 0.3 is 0 Å². The van der Waals surface area contributed by atoms with Crippen LogP contribution in [0.4, 0.5) is 0 Å². The van der Waals surface area contributed by atoms with Gasteiger partial charge in [-0.25, -0.2) is 8.42 Å². The lowest BCUT2D eigenvalue weighted by Gasteiger charge is -2.39. The number of aryl methyl sites for hydroxylation is 1. The highest BCUT2D eigenvalue weighted by Gasteiger charge is 2.45. The van der Waals surface area contributed by atoms with E-state index in [2.05, 4.69) is 0 Å². The average Bonchev–Trinajstić information content (AvgIpc) is 3.27. The number of amides is 1. The normalized spacial score (nSPS) is 18.2. The summed E-state index contributed by atoms with van der Waals surface area (Å²) in [5, 5.41) is 0. The Morgan fingerprint density at radius 3 is 2.18 bits per heavy atom. The lowest BCUT2D eigenvalue weighted by Crippen LogP contribution is -2.44. The number of nitrogens with zero attached hydrogens (tertiary/aromatic N) is 2. The number of methoxy groups -OCH3 is 3. The first kappa shape index (κ1) is 24.3. The first-order chi connectivity index (χ1) is 16.2. The lowest BCUT2D eigenvalue weighted by molar-refractivity contribution is 0.0596. The van der Waals surface area contributed by atoms with Crippen molar-refractivity contribution in [3.05, 3.63) is 47.5 Å². The summed E-state index contributed by atoms with van der Waals surface area (Å²) in [6.07, 6.45) is 2.29. The Balaban J connectivity index is 1.47. The molecule has 0 radical (unpaired) electrons. The molecule has 2 saturated heterocycles. The van der Waals surface area contributed by atoms with Crippen LogP contribution in [0.3, 0.4) is 0 Å². The van der Waals surface area contributed by atoms with E-state index in [1.165, 1.54) is 7.11 Å². The number of rotatable bonds is 6. The van der Waals surface area contributed by atoms with Gasteiger partial charge in [0.25, 0.3) is 5.91 Å². The molecule has 2 heterocycles. The highest BCUT2D eigenvalue weighted by molar-refractivity contribution is 7.89. The van der Waals surface area contributed by atoms with Gasteiger partial charge in [0.15, 0.2) is 0 Å². The summed E-state index contributed by atoms with van der Waals surface area (Å²) in [6, 6.07) is 10.4. The fourth-order valence-corrected chi connectivity index (χ4v) is 6.76. The van der Waals surface area contributed by atoms with Crippen LogP contribution in [0, 0.1) is 12.3 Å². The van der Waals surface area contributed by atoms with E-state index < -0.39 is 10.0 Å². The molecule has 1 amide bonds. The van der Waals surface area contributed by atoms with Crippen LogP contribution in [0.2, 0.25) is 0 Å². The number of carbonyl (C=O) groups excluding carboxylic acids is 1. The Morgan fingerprint density at radius 2 is 1.53 bits per heavy atom. The summed E-state index contributed by atoms with van der Waals surface area (Å²) >= 11 is 0. The maximum atomic E-state index is 13.4. The molecule has 4 rings (SSSR count). The molecule has 2 aliphatic rings. The van der Waals surface area contributed by atoms with Gasteiger partial charge < -0.3 is 19.1 Å². The first-order valence-electron chi connectivity index (χ1n) is 11.4. The molecule has 1 spiro atoms. The van der Waals surface area contributed by atoms with Crippen LogP contribution in [0.15, 0.2) is 41.3 Å². The minimum atomic E-state index is -3.67. The van der Waals surface area contributed by atoms with E-state index in [0.717, 1.165) is 24.8 Å². The van der Waals surface area contributed by atoms with Gasteiger partial charge in [0.05, 0.1) is 26.9 Å². The van der Waals surface area contributed by atoms with Crippen LogP contribution >= 0.6 is 0 Å². The molecular weight excluding hydrogens is 456 g/mol. The fraction of sp³-hybridized carbons (Fsp3) is 0.480. The van der Waals surface area contributed by atoms with Gasteiger partial charge in [-0.3, -0.25) is 4.79 Å². The number of carbonyl (C=O) groups is 1. The molecule has 2 aromatic carbocycles. The van der Waals surface area contributed by atoms with E-state index in [0.29, 0.717) is 49.0 Å². The van der Waals surface area contributed by atoms with Gasteiger partial charge in [0, 0.05) is 26.2 Å². The van der Waals surface area contributed by atoms with Crippen LogP contribution in [-0.4, -0.2) is 71.0 Å². The predicted molar refractivity (Wildman–Crippen MR) is 128 cm³/mol. The van der Waals surface area contributed by atoms with E-state index in [9.17, 15) is 13.2 Å².